The van der Waals surface area contributed by atoms with Gasteiger partial charge in [0.1, 0.15) is 0 Å². The highest BCUT2D eigenvalue weighted by atomic mass is 35.5. The van der Waals surface area contributed by atoms with E-state index in [1.165, 1.54) is 0 Å². The van der Waals surface area contributed by atoms with Gasteiger partial charge in [-0.25, -0.2) is 0 Å². The fourth-order valence-corrected chi connectivity index (χ4v) is 1.90. The molecule has 1 unspecified atom stereocenters. The van der Waals surface area contributed by atoms with E-state index < -0.39 is 0 Å². The number of likely N-dealkylation sites (N-methyl/N-ethyl adjacent to an activating group) is 1. The molecule has 0 aliphatic heterocycles. The van der Waals surface area contributed by atoms with Crippen molar-refractivity contribution < 1.29 is 9.90 Å². The Hall–Kier alpha value is -0.900. The fourth-order valence-electron chi connectivity index (χ4n) is 1.66. The molecule has 0 radical (unpaired) electrons. The lowest BCUT2D eigenvalue weighted by Crippen LogP contribution is -2.29. The summed E-state index contributed by atoms with van der Waals surface area (Å²) in [7, 11) is 1.88. The molecule has 1 atom stereocenters. The van der Waals surface area contributed by atoms with Gasteiger partial charge in [0, 0.05) is 25.1 Å². The second-order valence-electron chi connectivity index (χ2n) is 4.26. The van der Waals surface area contributed by atoms with E-state index in [9.17, 15) is 9.90 Å². The molecule has 0 heterocycles. The number of rotatable bonds is 6. The summed E-state index contributed by atoms with van der Waals surface area (Å²) in [6, 6.07) is 7.06. The van der Waals surface area contributed by atoms with Gasteiger partial charge in [0.05, 0.1) is 11.1 Å². The highest BCUT2D eigenvalue weighted by molar-refractivity contribution is 6.33. The summed E-state index contributed by atoms with van der Waals surface area (Å²) >= 11 is 5.94. The minimum atomic E-state index is -0.379. The van der Waals surface area contributed by atoms with E-state index in [0.29, 0.717) is 30.1 Å². The quantitative estimate of drug-likeness (QED) is 0.793. The molecule has 0 amide bonds. The van der Waals surface area contributed by atoms with Crippen molar-refractivity contribution in [2.45, 2.75) is 19.4 Å². The van der Waals surface area contributed by atoms with Crippen molar-refractivity contribution in [3.8, 4) is 0 Å². The van der Waals surface area contributed by atoms with Crippen LogP contribution in [0.1, 0.15) is 23.7 Å². The van der Waals surface area contributed by atoms with E-state index in [-0.39, 0.29) is 11.9 Å². The van der Waals surface area contributed by atoms with Crippen LogP contribution < -0.4 is 0 Å². The Balaban J connectivity index is 2.48. The predicted molar refractivity (Wildman–Crippen MR) is 69.6 cm³/mol. The first-order valence-corrected chi connectivity index (χ1v) is 6.03. The summed E-state index contributed by atoms with van der Waals surface area (Å²) in [5.41, 5.74) is 0.569. The van der Waals surface area contributed by atoms with Crippen molar-refractivity contribution in [3.63, 3.8) is 0 Å². The minimum absolute atomic E-state index is 0.0352. The van der Waals surface area contributed by atoms with E-state index in [4.69, 9.17) is 11.6 Å². The van der Waals surface area contributed by atoms with Crippen molar-refractivity contribution in [3.05, 3.63) is 34.9 Å². The van der Waals surface area contributed by atoms with Gasteiger partial charge in [-0.05, 0) is 26.1 Å². The lowest BCUT2D eigenvalue weighted by Gasteiger charge is -2.17. The van der Waals surface area contributed by atoms with Crippen LogP contribution in [0.2, 0.25) is 5.02 Å². The Morgan fingerprint density at radius 1 is 1.47 bits per heavy atom. The molecular formula is C13H18ClNO2. The zero-order valence-electron chi connectivity index (χ0n) is 10.2. The van der Waals surface area contributed by atoms with Gasteiger partial charge in [0.2, 0.25) is 0 Å². The molecule has 0 spiro atoms. The average molecular weight is 256 g/mol. The maximum atomic E-state index is 11.9. The molecule has 0 fully saturated rings. The predicted octanol–water partition coefficient (Wildman–Crippen LogP) is 2.23. The lowest BCUT2D eigenvalue weighted by molar-refractivity contribution is 0.0948. The molecule has 17 heavy (non-hydrogen) atoms. The van der Waals surface area contributed by atoms with Crippen molar-refractivity contribution in [1.29, 1.82) is 0 Å². The molecule has 0 aliphatic carbocycles. The first-order valence-electron chi connectivity index (χ1n) is 5.65. The van der Waals surface area contributed by atoms with Crippen LogP contribution in [0, 0.1) is 0 Å². The van der Waals surface area contributed by atoms with Crippen LogP contribution in [0.5, 0.6) is 0 Å². The number of carbonyl (C=O) groups excluding carboxylic acids is 1. The van der Waals surface area contributed by atoms with Gasteiger partial charge in [-0.1, -0.05) is 23.7 Å². The highest BCUT2D eigenvalue weighted by Gasteiger charge is 2.11. The first kappa shape index (κ1) is 14.2. The molecule has 0 saturated carbocycles. The molecule has 94 valence electrons. The molecule has 4 heteroatoms. The number of hydrogen-bond donors (Lipinski definition) is 1. The van der Waals surface area contributed by atoms with Gasteiger partial charge in [0.15, 0.2) is 5.78 Å². The number of nitrogens with zero attached hydrogens (tertiary/aromatic N) is 1. The van der Waals surface area contributed by atoms with Crippen molar-refractivity contribution >= 4 is 17.4 Å². The summed E-state index contributed by atoms with van der Waals surface area (Å²) in [5, 5.41) is 9.70. The van der Waals surface area contributed by atoms with Crippen LogP contribution in [-0.4, -0.2) is 42.0 Å². The molecule has 1 N–H and O–H groups in total. The summed E-state index contributed by atoms with van der Waals surface area (Å²) in [6.45, 7) is 2.91. The molecule has 1 aromatic rings. The number of ketones is 1. The van der Waals surface area contributed by atoms with Crippen molar-refractivity contribution in [2.24, 2.45) is 0 Å². The topological polar surface area (TPSA) is 40.5 Å². The van der Waals surface area contributed by atoms with E-state index >= 15 is 0 Å². The monoisotopic (exact) mass is 255 g/mol. The van der Waals surface area contributed by atoms with Gasteiger partial charge < -0.3 is 10.0 Å². The van der Waals surface area contributed by atoms with Crippen LogP contribution >= 0.6 is 11.6 Å². The number of Topliss-reactive ketones (excluding diaryl/α,β-unsaturated/α-hetero) is 1. The Labute approximate surface area is 107 Å². The molecule has 0 bridgehead atoms. The smallest absolute Gasteiger partial charge is 0.165 e. The maximum Gasteiger partial charge on any atom is 0.165 e. The third kappa shape index (κ3) is 4.86. The van der Waals surface area contributed by atoms with E-state index in [1.54, 1.807) is 31.2 Å². The lowest BCUT2D eigenvalue weighted by atomic mass is 10.1. The van der Waals surface area contributed by atoms with Crippen LogP contribution in [-0.2, 0) is 0 Å². The number of benzene rings is 1. The molecule has 0 aromatic heterocycles. The summed E-state index contributed by atoms with van der Waals surface area (Å²) in [5.74, 6) is 0.0352. The minimum Gasteiger partial charge on any atom is -0.392 e. The second-order valence-corrected chi connectivity index (χ2v) is 4.67. The largest absolute Gasteiger partial charge is 0.392 e. The Bertz CT molecular complexity index is 379. The van der Waals surface area contributed by atoms with Crippen LogP contribution in [0.15, 0.2) is 24.3 Å². The van der Waals surface area contributed by atoms with E-state index in [0.717, 1.165) is 0 Å². The van der Waals surface area contributed by atoms with Crippen LogP contribution in [0.3, 0.4) is 0 Å². The van der Waals surface area contributed by atoms with Gasteiger partial charge in [-0.2, -0.15) is 0 Å². The van der Waals surface area contributed by atoms with Gasteiger partial charge in [0.25, 0.3) is 0 Å². The normalized spacial score (nSPS) is 12.8. The third-order valence-electron chi connectivity index (χ3n) is 2.47. The first-order chi connectivity index (χ1) is 8.00. The number of carbonyl (C=O) groups is 1. The molecule has 1 aromatic carbocycles. The zero-order valence-corrected chi connectivity index (χ0v) is 10.9. The second kappa shape index (κ2) is 6.74. The SMILES string of the molecule is CC(O)CN(C)CCC(=O)c1ccccc1Cl. The Morgan fingerprint density at radius 3 is 2.71 bits per heavy atom. The molecule has 3 nitrogen and oxygen atoms in total. The summed E-state index contributed by atoms with van der Waals surface area (Å²) in [4.78, 5) is 13.8. The Morgan fingerprint density at radius 2 is 2.12 bits per heavy atom. The third-order valence-corrected chi connectivity index (χ3v) is 2.80. The number of halogens is 1. The molecule has 1 rings (SSSR count). The fraction of sp³-hybridized carbons (Fsp3) is 0.462. The highest BCUT2D eigenvalue weighted by Crippen LogP contribution is 2.16. The zero-order chi connectivity index (χ0) is 12.8. The average Bonchev–Trinajstić information content (AvgIpc) is 2.25. The van der Waals surface area contributed by atoms with Crippen LogP contribution in [0.4, 0.5) is 0 Å². The van der Waals surface area contributed by atoms with Gasteiger partial charge >= 0.3 is 0 Å². The number of hydrogen-bond acceptors (Lipinski definition) is 3. The summed E-state index contributed by atoms with van der Waals surface area (Å²) < 4.78 is 0. The van der Waals surface area contributed by atoms with E-state index in [2.05, 4.69) is 0 Å². The van der Waals surface area contributed by atoms with E-state index in [1.807, 2.05) is 11.9 Å². The molecule has 0 aliphatic rings. The number of aliphatic hydroxyl groups excluding tert-OH is 1. The number of aliphatic hydroxyl groups is 1. The summed E-state index contributed by atoms with van der Waals surface area (Å²) in [6.07, 6.45) is 0.0304. The molecule has 0 saturated heterocycles. The van der Waals surface area contributed by atoms with Gasteiger partial charge in [-0.15, -0.1) is 0 Å². The van der Waals surface area contributed by atoms with Crippen molar-refractivity contribution in [1.82, 2.24) is 4.90 Å². The van der Waals surface area contributed by atoms with Gasteiger partial charge in [-0.3, -0.25) is 4.79 Å². The van der Waals surface area contributed by atoms with Crippen molar-refractivity contribution in [2.75, 3.05) is 20.1 Å². The standard InChI is InChI=1S/C13H18ClNO2/c1-10(16)9-15(2)8-7-13(17)11-5-3-4-6-12(11)14/h3-6,10,16H,7-9H2,1-2H3. The van der Waals surface area contributed by atoms with Crippen LogP contribution in [0.25, 0.3) is 0 Å². The molecular weight excluding hydrogens is 238 g/mol. The maximum absolute atomic E-state index is 11.9. The Kier molecular flexibility index (Phi) is 5.62.